The first-order chi connectivity index (χ1) is 30.1. The van der Waals surface area contributed by atoms with E-state index >= 15 is 0 Å². The molecule has 340 valence electrons. The van der Waals surface area contributed by atoms with Crippen molar-refractivity contribution in [1.82, 2.24) is 0 Å². The summed E-state index contributed by atoms with van der Waals surface area (Å²) in [5.74, 6) is -5.04. The number of ketones is 2. The van der Waals surface area contributed by atoms with Crippen LogP contribution >= 0.6 is 11.8 Å². The molecule has 15 nitrogen and oxygen atoms in total. The van der Waals surface area contributed by atoms with Crippen LogP contribution in [0.1, 0.15) is 119 Å². The standard InChI is InChI=1S/C48H54N2O13S/c1-43(30(53)9-14-47-18-22-15-28(39(43)47)62-45(22,3)20-47)12-10-33(55)50-36-27(52)8-6-25(38(36)58)42(61)64-32-17-31(54)44(2,40-29-16-23-19-48(32,40)21-46(23,4)63-29)13-11-34(56)49-35-26(51)7-5-24(37(35)57)41(59)60/h5-9,14,22-23,28-29,32,39-40,51-52,57-58H,10-13,15-21H2,1-4H3,(H,49,56)(H,50,55)(H,59,60). The van der Waals surface area contributed by atoms with E-state index in [9.17, 15) is 54.3 Å². The monoisotopic (exact) mass is 898 g/mol. The van der Waals surface area contributed by atoms with E-state index in [1.54, 1.807) is 6.08 Å². The Kier molecular flexibility index (Phi) is 9.43. The Morgan fingerprint density at radius 1 is 0.734 bits per heavy atom. The van der Waals surface area contributed by atoms with Gasteiger partial charge < -0.3 is 45.6 Å². The number of allylic oxidation sites excluding steroid dienone is 2. The minimum absolute atomic E-state index is 0.00797. The second-order valence-corrected chi connectivity index (χ2v) is 22.3. The molecule has 2 amide bonds. The summed E-state index contributed by atoms with van der Waals surface area (Å²) in [5, 5.41) is 56.6. The van der Waals surface area contributed by atoms with E-state index in [1.165, 1.54) is 12.1 Å². The molecule has 5 saturated carbocycles. The highest BCUT2D eigenvalue weighted by molar-refractivity contribution is 8.14. The van der Waals surface area contributed by atoms with Crippen LogP contribution in [0.4, 0.5) is 11.4 Å². The fraction of sp³-hybridized carbons (Fsp3) is 0.583. The van der Waals surface area contributed by atoms with Crippen molar-refractivity contribution >= 4 is 57.6 Å². The Morgan fingerprint density at radius 2 is 1.28 bits per heavy atom. The maximum atomic E-state index is 14.4. The number of thioether (sulfide) groups is 1. The van der Waals surface area contributed by atoms with Crippen molar-refractivity contribution in [2.24, 2.45) is 45.3 Å². The van der Waals surface area contributed by atoms with Crippen LogP contribution in [0.25, 0.3) is 0 Å². The van der Waals surface area contributed by atoms with Gasteiger partial charge in [-0.05, 0) is 118 Å². The number of carbonyl (C=O) groups is 6. The van der Waals surface area contributed by atoms with E-state index in [0.717, 1.165) is 43.2 Å². The van der Waals surface area contributed by atoms with Gasteiger partial charge in [-0.1, -0.05) is 31.7 Å². The lowest BCUT2D eigenvalue weighted by Crippen LogP contribution is -2.63. The summed E-state index contributed by atoms with van der Waals surface area (Å²) in [4.78, 5) is 80.9. The molecule has 0 radical (unpaired) electrons. The van der Waals surface area contributed by atoms with Gasteiger partial charge in [-0.15, -0.1) is 0 Å². The van der Waals surface area contributed by atoms with Crippen molar-refractivity contribution in [1.29, 1.82) is 0 Å². The van der Waals surface area contributed by atoms with Gasteiger partial charge in [-0.2, -0.15) is 0 Å². The summed E-state index contributed by atoms with van der Waals surface area (Å²) in [5.41, 5.74) is -4.72. The van der Waals surface area contributed by atoms with Crippen LogP contribution in [0.15, 0.2) is 36.4 Å². The van der Waals surface area contributed by atoms with E-state index < -0.39 is 84.2 Å². The van der Waals surface area contributed by atoms with Crippen LogP contribution in [0, 0.1) is 45.3 Å². The van der Waals surface area contributed by atoms with Gasteiger partial charge >= 0.3 is 5.97 Å². The molecule has 0 aromatic heterocycles. The smallest absolute Gasteiger partial charge is 0.339 e. The lowest BCUT2D eigenvalue weighted by Gasteiger charge is -2.60. The summed E-state index contributed by atoms with van der Waals surface area (Å²) in [6.07, 6.45) is 8.05. The van der Waals surface area contributed by atoms with Crippen molar-refractivity contribution in [3.63, 3.8) is 0 Å². The average molecular weight is 899 g/mol. The van der Waals surface area contributed by atoms with Crippen molar-refractivity contribution in [3.05, 3.63) is 47.5 Å². The minimum atomic E-state index is -1.45. The molecule has 4 saturated heterocycles. The Labute approximate surface area is 373 Å². The summed E-state index contributed by atoms with van der Waals surface area (Å²) in [7, 11) is 0. The first-order valence-electron chi connectivity index (χ1n) is 22.3. The normalized spacial score (nSPS) is 40.4. The topological polar surface area (TPSA) is 246 Å². The Morgan fingerprint density at radius 3 is 1.88 bits per heavy atom. The Bertz CT molecular complexity index is 2510. The highest BCUT2D eigenvalue weighted by Gasteiger charge is 2.76. The van der Waals surface area contributed by atoms with Gasteiger partial charge in [0.2, 0.25) is 16.9 Å². The number of anilines is 2. The van der Waals surface area contributed by atoms with E-state index in [2.05, 4.69) is 30.6 Å². The van der Waals surface area contributed by atoms with Crippen LogP contribution in [0.3, 0.4) is 0 Å². The van der Waals surface area contributed by atoms with Crippen LogP contribution in [0.2, 0.25) is 0 Å². The maximum Gasteiger partial charge on any atom is 0.339 e. The lowest BCUT2D eigenvalue weighted by molar-refractivity contribution is -0.189. The summed E-state index contributed by atoms with van der Waals surface area (Å²) in [6, 6.07) is 4.59. The number of carboxylic acid groups (broad SMARTS) is 1. The van der Waals surface area contributed by atoms with E-state index in [-0.39, 0.29) is 95.9 Å². The second-order valence-electron chi connectivity index (χ2n) is 21.2. The fourth-order valence-electron chi connectivity index (χ4n) is 15.0. The molecule has 6 aliphatic carbocycles. The maximum absolute atomic E-state index is 14.4. The first kappa shape index (κ1) is 43.0. The Balaban J connectivity index is 0.847. The number of Topliss-reactive ketones (excluding diaryl/α,β-unsaturated/α-hetero) is 1. The highest BCUT2D eigenvalue weighted by Crippen LogP contribution is 2.75. The van der Waals surface area contributed by atoms with Gasteiger partial charge in [0.05, 0.1) is 29.0 Å². The van der Waals surface area contributed by atoms with Gasteiger partial charge in [-0.3, -0.25) is 24.0 Å². The van der Waals surface area contributed by atoms with Crippen molar-refractivity contribution < 1.29 is 63.8 Å². The van der Waals surface area contributed by atoms with E-state index in [1.807, 2.05) is 13.8 Å². The number of nitrogens with one attached hydrogen (secondary N) is 2. The predicted molar refractivity (Wildman–Crippen MR) is 231 cm³/mol. The molecule has 7 N–H and O–H groups in total. The number of aromatic hydroxyl groups is 4. The SMILES string of the molecule is CC12CC34C=CC(=O)C(C)(CCC(=O)Nc5c(O)ccc(C(=O)SC6CC(=O)C(C)(CCC(=O)Nc7c(O)ccc(C(=O)O)c7O)C7C8CC9CC67CC9(C)O8)c5O)C3C(CC1C4)O2. The predicted octanol–water partition coefficient (Wildman–Crippen LogP) is 6.86. The zero-order valence-corrected chi connectivity index (χ0v) is 37.0. The number of carboxylic acids is 1. The molecule has 4 heterocycles. The fourth-order valence-corrected chi connectivity index (χ4v) is 16.3. The highest BCUT2D eigenvalue weighted by atomic mass is 32.2. The van der Waals surface area contributed by atoms with Crippen molar-refractivity contribution in [2.45, 2.75) is 127 Å². The quantitative estimate of drug-likeness (QED) is 0.114. The molecule has 10 aliphatic rings. The first-order valence-corrected chi connectivity index (χ1v) is 23.2. The molecule has 13 atom stereocenters. The summed E-state index contributed by atoms with van der Waals surface area (Å²) < 4.78 is 13.2. The number of ether oxygens (including phenoxy) is 2. The van der Waals surface area contributed by atoms with Crippen LogP contribution in [-0.2, 0) is 28.7 Å². The number of phenolic OH excluding ortho intramolecular Hbond substituents is 3. The van der Waals surface area contributed by atoms with Gasteiger partial charge in [0.25, 0.3) is 0 Å². The van der Waals surface area contributed by atoms with E-state index in [4.69, 9.17) is 9.47 Å². The third-order valence-electron chi connectivity index (χ3n) is 17.6. The number of rotatable bonds is 11. The number of amides is 2. The van der Waals surface area contributed by atoms with Gasteiger partial charge in [0.1, 0.15) is 34.2 Å². The number of carbonyl (C=O) groups excluding carboxylic acids is 5. The van der Waals surface area contributed by atoms with Crippen molar-refractivity contribution in [3.8, 4) is 23.0 Å². The third kappa shape index (κ3) is 5.99. The molecule has 2 aromatic carbocycles. The number of benzene rings is 2. The molecule has 64 heavy (non-hydrogen) atoms. The second kappa shape index (κ2) is 14.0. The lowest BCUT2D eigenvalue weighted by atomic mass is 9.48. The van der Waals surface area contributed by atoms with Gasteiger partial charge in [-0.25, -0.2) is 4.79 Å². The molecule has 4 aliphatic heterocycles. The molecular formula is C48H54N2O13S. The van der Waals surface area contributed by atoms with Crippen molar-refractivity contribution in [2.75, 3.05) is 10.6 Å². The summed E-state index contributed by atoms with van der Waals surface area (Å²) in [6.45, 7) is 7.97. The van der Waals surface area contributed by atoms with Gasteiger partial charge in [0.15, 0.2) is 17.3 Å². The van der Waals surface area contributed by atoms with Crippen LogP contribution in [-0.4, -0.2) is 88.7 Å². The molecule has 9 fully saturated rings. The minimum Gasteiger partial charge on any atom is -0.506 e. The number of phenols is 4. The molecule has 12 rings (SSSR count). The van der Waals surface area contributed by atoms with Gasteiger partial charge in [0, 0.05) is 47.2 Å². The zero-order valence-electron chi connectivity index (χ0n) is 36.2. The molecule has 2 aromatic rings. The molecule has 8 bridgehead atoms. The molecule has 16 heteroatoms. The third-order valence-corrected chi connectivity index (χ3v) is 19.0. The Hall–Kier alpha value is -4.93. The van der Waals surface area contributed by atoms with E-state index in [0.29, 0.717) is 25.2 Å². The number of aromatic carboxylic acids is 1. The molecule has 13 unspecified atom stereocenters. The zero-order chi connectivity index (χ0) is 45.7. The largest absolute Gasteiger partial charge is 0.506 e. The van der Waals surface area contributed by atoms with Crippen LogP contribution in [0.5, 0.6) is 23.0 Å². The van der Waals surface area contributed by atoms with Crippen LogP contribution < -0.4 is 10.6 Å². The number of hydrogen-bond acceptors (Lipinski definition) is 13. The summed E-state index contributed by atoms with van der Waals surface area (Å²) >= 11 is 0.956. The molecular weight excluding hydrogens is 845 g/mol. The average Bonchev–Trinajstić information content (AvgIpc) is 3.79. The molecule has 2 spiro atoms. The number of hydrogen-bond donors (Lipinski definition) is 7.